The minimum Gasteiger partial charge on any atom is -0.387 e. The third-order valence-electron chi connectivity index (χ3n) is 7.47. The van der Waals surface area contributed by atoms with E-state index in [9.17, 15) is 34.8 Å². The van der Waals surface area contributed by atoms with Crippen molar-refractivity contribution >= 4 is 25.4 Å². The highest BCUT2D eigenvalue weighted by Gasteiger charge is 2.73. The van der Waals surface area contributed by atoms with Crippen molar-refractivity contribution in [1.29, 1.82) is 0 Å². The first-order valence-electron chi connectivity index (χ1n) is 13.7. The van der Waals surface area contributed by atoms with Crippen LogP contribution in [0.3, 0.4) is 0 Å². The number of aliphatic hydroxyl groups excluding tert-OH is 2. The van der Waals surface area contributed by atoms with Crippen molar-refractivity contribution in [2.24, 2.45) is 0 Å². The molecule has 1 fully saturated rings. The largest absolute Gasteiger partial charge is 0.387 e. The molecular formula is C32H36O9Si. The molecule has 1 heterocycles. The first-order valence-corrected chi connectivity index (χ1v) is 17.4. The van der Waals surface area contributed by atoms with Crippen molar-refractivity contribution in [3.8, 4) is 0 Å². The molecule has 3 aromatic rings. The average molecular weight is 593 g/mol. The van der Waals surface area contributed by atoms with E-state index in [0.717, 1.165) is 0 Å². The van der Waals surface area contributed by atoms with Crippen LogP contribution in [0.5, 0.6) is 0 Å². The summed E-state index contributed by atoms with van der Waals surface area (Å²) < 4.78 is 11.8. The summed E-state index contributed by atoms with van der Waals surface area (Å²) in [5.41, 5.74) is -6.65. The van der Waals surface area contributed by atoms with Crippen molar-refractivity contribution in [2.75, 3.05) is 6.61 Å². The number of Topliss-reactive ketones (excluding diaryl/α,β-unsaturated/α-hetero) is 3. The Hall–Kier alpha value is -3.35. The topological polar surface area (TPSA) is 151 Å². The van der Waals surface area contributed by atoms with Crippen molar-refractivity contribution in [1.82, 2.24) is 0 Å². The van der Waals surface area contributed by atoms with Gasteiger partial charge in [-0.25, -0.2) is 0 Å². The lowest BCUT2D eigenvalue weighted by Crippen LogP contribution is -2.81. The summed E-state index contributed by atoms with van der Waals surface area (Å²) in [5.74, 6) is -3.22. The zero-order chi connectivity index (χ0) is 30.7. The molecule has 4 rings (SSSR count). The van der Waals surface area contributed by atoms with Gasteiger partial charge in [-0.15, -0.1) is 0 Å². The molecule has 10 heteroatoms. The number of hydrogen-bond acceptors (Lipinski definition) is 9. The quantitative estimate of drug-likeness (QED) is 0.195. The molecule has 42 heavy (non-hydrogen) atoms. The van der Waals surface area contributed by atoms with Gasteiger partial charge in [0.05, 0.1) is 0 Å². The van der Waals surface area contributed by atoms with Crippen LogP contribution in [0.15, 0.2) is 91.0 Å². The van der Waals surface area contributed by atoms with Gasteiger partial charge in [0.25, 0.3) is 0 Å². The number of ether oxygens (including phenoxy) is 2. The monoisotopic (exact) mass is 592 g/mol. The Morgan fingerprint density at radius 1 is 0.786 bits per heavy atom. The van der Waals surface area contributed by atoms with E-state index < -0.39 is 61.2 Å². The second-order valence-corrected chi connectivity index (χ2v) is 17.3. The Balaban J connectivity index is 1.88. The van der Waals surface area contributed by atoms with Gasteiger partial charge in [-0.2, -0.15) is 0 Å². The van der Waals surface area contributed by atoms with Crippen LogP contribution in [-0.4, -0.2) is 88.3 Å². The van der Waals surface area contributed by atoms with E-state index in [0.29, 0.717) is 6.04 Å². The van der Waals surface area contributed by atoms with Gasteiger partial charge in [-0.1, -0.05) is 111 Å². The van der Waals surface area contributed by atoms with Crippen LogP contribution in [0, 0.1) is 0 Å². The van der Waals surface area contributed by atoms with E-state index in [4.69, 9.17) is 9.47 Å². The molecule has 0 aliphatic carbocycles. The highest BCUT2D eigenvalue weighted by molar-refractivity contribution is 6.76. The summed E-state index contributed by atoms with van der Waals surface area (Å²) >= 11 is 0. The summed E-state index contributed by atoms with van der Waals surface area (Å²) in [5, 5.41) is 47.3. The molecule has 9 nitrogen and oxygen atoms in total. The summed E-state index contributed by atoms with van der Waals surface area (Å²) in [7, 11) is -1.73. The SMILES string of the molecule is C[Si](C)(C)CCO[C@H]1O[C@H](C(O)C(=O)c2ccccc2)[C@H](O)[C@@](O)(C(=O)c2ccccc2)[C@]1(O)C(=O)c1ccccc1. The van der Waals surface area contributed by atoms with Gasteiger partial charge < -0.3 is 29.9 Å². The lowest BCUT2D eigenvalue weighted by Gasteiger charge is -2.53. The number of aliphatic hydroxyl groups is 4. The minimum absolute atomic E-state index is 0.0358. The molecule has 0 amide bonds. The average Bonchev–Trinajstić information content (AvgIpc) is 3.00. The van der Waals surface area contributed by atoms with Crippen LogP contribution in [0.25, 0.3) is 0 Å². The number of hydrogen-bond donors (Lipinski definition) is 4. The molecule has 1 saturated heterocycles. The molecule has 1 aliphatic rings. The molecule has 0 aromatic heterocycles. The van der Waals surface area contributed by atoms with Gasteiger partial charge in [0.2, 0.25) is 17.2 Å². The predicted molar refractivity (Wildman–Crippen MR) is 157 cm³/mol. The van der Waals surface area contributed by atoms with E-state index in [1.54, 1.807) is 30.3 Å². The third kappa shape index (κ3) is 5.93. The molecule has 6 atom stereocenters. The Labute approximate surface area is 245 Å². The Kier molecular flexibility index (Phi) is 9.38. The van der Waals surface area contributed by atoms with Crippen molar-refractivity contribution in [3.05, 3.63) is 108 Å². The highest BCUT2D eigenvalue weighted by Crippen LogP contribution is 2.44. The van der Waals surface area contributed by atoms with Gasteiger partial charge in [0, 0.05) is 31.4 Å². The van der Waals surface area contributed by atoms with E-state index >= 15 is 0 Å². The van der Waals surface area contributed by atoms with E-state index in [2.05, 4.69) is 19.6 Å². The lowest BCUT2D eigenvalue weighted by atomic mass is 9.66. The second-order valence-electron chi connectivity index (χ2n) is 11.7. The summed E-state index contributed by atoms with van der Waals surface area (Å²) in [6, 6.07) is 23.0. The first kappa shape index (κ1) is 31.6. The Morgan fingerprint density at radius 2 is 1.21 bits per heavy atom. The zero-order valence-corrected chi connectivity index (χ0v) is 24.7. The van der Waals surface area contributed by atoms with Gasteiger partial charge in [0.15, 0.2) is 17.7 Å². The second kappa shape index (κ2) is 12.5. The van der Waals surface area contributed by atoms with Crippen LogP contribution in [0.1, 0.15) is 31.1 Å². The van der Waals surface area contributed by atoms with E-state index in [1.165, 1.54) is 60.7 Å². The van der Waals surface area contributed by atoms with Crippen LogP contribution >= 0.6 is 0 Å². The number of carbonyl (C=O) groups is 3. The molecule has 0 bridgehead atoms. The van der Waals surface area contributed by atoms with Crippen molar-refractivity contribution < 1.29 is 44.3 Å². The first-order chi connectivity index (χ1) is 19.8. The molecule has 1 aliphatic heterocycles. The van der Waals surface area contributed by atoms with Crippen molar-refractivity contribution in [3.63, 3.8) is 0 Å². The number of rotatable bonds is 11. The third-order valence-corrected chi connectivity index (χ3v) is 9.17. The highest BCUT2D eigenvalue weighted by atomic mass is 28.3. The fourth-order valence-corrected chi connectivity index (χ4v) is 5.70. The van der Waals surface area contributed by atoms with E-state index in [1.807, 2.05) is 0 Å². The molecule has 0 radical (unpaired) electrons. The maximum Gasteiger partial charge on any atom is 0.217 e. The zero-order valence-electron chi connectivity index (χ0n) is 23.7. The molecular weight excluding hydrogens is 556 g/mol. The predicted octanol–water partition coefficient (Wildman–Crippen LogP) is 2.90. The Bertz CT molecular complexity index is 1390. The molecule has 0 spiro atoms. The number of carbonyl (C=O) groups excluding carboxylic acids is 3. The summed E-state index contributed by atoms with van der Waals surface area (Å²) in [6.07, 6.45) is -8.55. The van der Waals surface area contributed by atoms with Gasteiger partial charge in [-0.05, 0) is 6.04 Å². The molecule has 1 unspecified atom stereocenters. The molecule has 0 saturated carbocycles. The lowest BCUT2D eigenvalue weighted by molar-refractivity contribution is -0.345. The standard InChI is InChI=1S/C32H36O9Si/c1-42(2,3)20-19-40-30-32(39,28(36)23-17-11-6-12-18-23)31(38,27(35)22-15-9-5-10-16-22)29(37)26(41-30)25(34)24(33)21-13-7-4-8-14-21/h4-18,25-26,29-30,34,37-39H,19-20H2,1-3H3/t25?,26-,29+,30+,31+,32+/m1/s1. The smallest absolute Gasteiger partial charge is 0.217 e. The normalized spacial score (nSPS) is 26.8. The number of benzene rings is 3. The molecule has 4 N–H and O–H groups in total. The van der Waals surface area contributed by atoms with Gasteiger partial charge in [0.1, 0.15) is 18.3 Å². The summed E-state index contributed by atoms with van der Waals surface area (Å²) in [6.45, 7) is 6.18. The summed E-state index contributed by atoms with van der Waals surface area (Å²) in [4.78, 5) is 41.4. The van der Waals surface area contributed by atoms with Gasteiger partial charge >= 0.3 is 0 Å². The van der Waals surface area contributed by atoms with Crippen LogP contribution in [0.2, 0.25) is 25.7 Å². The maximum atomic E-state index is 14.1. The molecule has 222 valence electrons. The fourth-order valence-electron chi connectivity index (χ4n) is 4.97. The fraction of sp³-hybridized carbons (Fsp3) is 0.344. The van der Waals surface area contributed by atoms with E-state index in [-0.39, 0.29) is 23.3 Å². The number of ketones is 3. The van der Waals surface area contributed by atoms with Gasteiger partial charge in [-0.3, -0.25) is 14.4 Å². The Morgan fingerprint density at radius 3 is 1.67 bits per heavy atom. The van der Waals surface area contributed by atoms with Crippen LogP contribution in [0.4, 0.5) is 0 Å². The maximum absolute atomic E-state index is 14.1. The van der Waals surface area contributed by atoms with Crippen LogP contribution < -0.4 is 0 Å². The van der Waals surface area contributed by atoms with Crippen LogP contribution in [-0.2, 0) is 9.47 Å². The molecule has 3 aromatic carbocycles. The minimum atomic E-state index is -3.31. The van der Waals surface area contributed by atoms with Crippen molar-refractivity contribution in [2.45, 2.75) is 61.5 Å².